The van der Waals surface area contributed by atoms with Crippen LogP contribution in [-0.4, -0.2) is 27.2 Å². The lowest BCUT2D eigenvalue weighted by Gasteiger charge is -2.64. The largest absolute Gasteiger partial charge is 0.393 e. The van der Waals surface area contributed by atoms with Crippen molar-refractivity contribution < 1.29 is 15.3 Å². The van der Waals surface area contributed by atoms with Crippen molar-refractivity contribution in [3.8, 4) is 0 Å². The van der Waals surface area contributed by atoms with Gasteiger partial charge < -0.3 is 15.3 Å². The van der Waals surface area contributed by atoms with Gasteiger partial charge in [-0.25, -0.2) is 0 Å². The van der Waals surface area contributed by atoms with Crippen LogP contribution in [-0.2, 0) is 0 Å². The fraction of sp³-hybridized carbons (Fsp3) is 1.00. The van der Waals surface area contributed by atoms with Crippen LogP contribution >= 0.6 is 0 Å². The number of rotatable bonds is 5. The molecule has 0 aliphatic heterocycles. The quantitative estimate of drug-likeness (QED) is 0.496. The summed E-state index contributed by atoms with van der Waals surface area (Å²) in [7, 11) is 0. The van der Waals surface area contributed by atoms with Gasteiger partial charge in [0.1, 0.15) is 0 Å². The van der Waals surface area contributed by atoms with Crippen LogP contribution in [0.15, 0.2) is 0 Å². The monoisotopic (exact) mass is 420 g/mol. The average Bonchev–Trinajstić information content (AvgIpc) is 3.00. The molecule has 174 valence electrons. The summed E-state index contributed by atoms with van der Waals surface area (Å²) >= 11 is 0. The first kappa shape index (κ1) is 23.1. The summed E-state index contributed by atoms with van der Waals surface area (Å²) in [6, 6.07) is 0. The molecular formula is C27H48O3. The number of aliphatic hydroxyl groups is 3. The second kappa shape index (κ2) is 8.03. The van der Waals surface area contributed by atoms with Crippen LogP contribution in [0, 0.1) is 52.3 Å². The molecule has 0 aromatic carbocycles. The molecule has 4 saturated carbocycles. The highest BCUT2D eigenvalue weighted by molar-refractivity contribution is 5.12. The van der Waals surface area contributed by atoms with Gasteiger partial charge in [0.15, 0.2) is 5.79 Å². The van der Waals surface area contributed by atoms with Gasteiger partial charge in [0, 0.05) is 12.3 Å². The van der Waals surface area contributed by atoms with E-state index in [0.717, 1.165) is 30.6 Å². The molecule has 0 heterocycles. The fourth-order valence-corrected chi connectivity index (χ4v) is 9.38. The zero-order chi connectivity index (χ0) is 21.9. The molecule has 30 heavy (non-hydrogen) atoms. The van der Waals surface area contributed by atoms with Crippen LogP contribution in [0.4, 0.5) is 0 Å². The molecule has 0 bridgehead atoms. The molecule has 0 radical (unpaired) electrons. The third kappa shape index (κ3) is 3.69. The third-order valence-electron chi connectivity index (χ3n) is 10.9. The van der Waals surface area contributed by atoms with Gasteiger partial charge in [-0.05, 0) is 91.3 Å². The summed E-state index contributed by atoms with van der Waals surface area (Å²) < 4.78 is 0. The summed E-state index contributed by atoms with van der Waals surface area (Å²) in [6.07, 6.45) is 11.7. The van der Waals surface area contributed by atoms with Crippen LogP contribution in [0.2, 0.25) is 0 Å². The van der Waals surface area contributed by atoms with Crippen molar-refractivity contribution in [2.75, 3.05) is 0 Å². The van der Waals surface area contributed by atoms with E-state index in [2.05, 4.69) is 34.6 Å². The molecule has 0 amide bonds. The van der Waals surface area contributed by atoms with Crippen molar-refractivity contribution in [2.45, 2.75) is 117 Å². The minimum atomic E-state index is -1.61. The maximum absolute atomic E-state index is 11.2. The van der Waals surface area contributed by atoms with Gasteiger partial charge in [-0.15, -0.1) is 0 Å². The maximum Gasteiger partial charge on any atom is 0.166 e. The Morgan fingerprint density at radius 2 is 1.53 bits per heavy atom. The van der Waals surface area contributed by atoms with Crippen LogP contribution in [0.25, 0.3) is 0 Å². The minimum Gasteiger partial charge on any atom is -0.393 e. The molecule has 0 aromatic heterocycles. The Hall–Kier alpha value is -0.120. The first-order chi connectivity index (χ1) is 14.0. The van der Waals surface area contributed by atoms with Crippen molar-refractivity contribution >= 4 is 0 Å². The molecule has 1 unspecified atom stereocenters. The summed E-state index contributed by atoms with van der Waals surface area (Å²) in [4.78, 5) is 0. The Bertz CT molecular complexity index is 615. The van der Waals surface area contributed by atoms with Crippen molar-refractivity contribution in [3.63, 3.8) is 0 Å². The van der Waals surface area contributed by atoms with Gasteiger partial charge in [0.2, 0.25) is 0 Å². The van der Waals surface area contributed by atoms with E-state index in [-0.39, 0.29) is 17.4 Å². The summed E-state index contributed by atoms with van der Waals surface area (Å²) in [6.45, 7) is 12.0. The molecule has 4 rings (SSSR count). The Kier molecular flexibility index (Phi) is 6.17. The highest BCUT2D eigenvalue weighted by Gasteiger charge is 2.65. The van der Waals surface area contributed by atoms with Gasteiger partial charge in [-0.2, -0.15) is 0 Å². The zero-order valence-electron chi connectivity index (χ0n) is 20.2. The van der Waals surface area contributed by atoms with Crippen molar-refractivity contribution in [1.82, 2.24) is 0 Å². The first-order valence-corrected chi connectivity index (χ1v) is 13.1. The molecule has 4 aliphatic rings. The fourth-order valence-electron chi connectivity index (χ4n) is 9.38. The number of aliphatic hydroxyl groups excluding tert-OH is 1. The minimum absolute atomic E-state index is 0.0338. The summed E-state index contributed by atoms with van der Waals surface area (Å²) in [5.74, 6) is 2.24. The standard InChI is InChI=1S/C27H48O3/c1-17(2)7-6-8-18(3)21-9-10-22-20-16-27(29,30)24-15-19(28)11-13-26(24,5)23(20)12-14-25(21,22)4/h17-24,28-30H,6-16H2,1-5H3/t18-,19+,20+,21-,22+,23+,24?,25-,26-/m1/s1. The highest BCUT2D eigenvalue weighted by atomic mass is 16.5. The molecule has 3 heteroatoms. The van der Waals surface area contributed by atoms with Gasteiger partial charge in [-0.3, -0.25) is 0 Å². The Morgan fingerprint density at radius 1 is 0.867 bits per heavy atom. The molecule has 0 saturated heterocycles. The molecule has 4 fully saturated rings. The van der Waals surface area contributed by atoms with Crippen LogP contribution in [0.5, 0.6) is 0 Å². The van der Waals surface area contributed by atoms with Gasteiger partial charge in [0.25, 0.3) is 0 Å². The highest BCUT2D eigenvalue weighted by Crippen LogP contribution is 2.69. The molecule has 3 N–H and O–H groups in total. The average molecular weight is 421 g/mol. The summed E-state index contributed by atoms with van der Waals surface area (Å²) in [5, 5.41) is 32.6. The predicted molar refractivity (Wildman–Crippen MR) is 122 cm³/mol. The first-order valence-electron chi connectivity index (χ1n) is 13.1. The maximum atomic E-state index is 11.2. The van der Waals surface area contributed by atoms with Gasteiger partial charge in [-0.1, -0.05) is 53.9 Å². The van der Waals surface area contributed by atoms with Gasteiger partial charge >= 0.3 is 0 Å². The van der Waals surface area contributed by atoms with E-state index in [4.69, 9.17) is 0 Å². The number of hydrogen-bond acceptors (Lipinski definition) is 3. The lowest BCUT2D eigenvalue weighted by molar-refractivity contribution is -0.302. The SMILES string of the molecule is CC(C)CCC[C@@H](C)[C@H]1CC[C@H]2[C@@H]3CC(O)(O)C4C[C@@H](O)CC[C@]4(C)[C@H]3CC[C@]12C. The van der Waals surface area contributed by atoms with E-state index in [1.54, 1.807) is 0 Å². The summed E-state index contributed by atoms with van der Waals surface area (Å²) in [5.41, 5.74) is 0.333. The second-order valence-electron chi connectivity index (χ2n) is 13.0. The molecule has 9 atom stereocenters. The van der Waals surface area contributed by atoms with Crippen LogP contribution in [0.3, 0.4) is 0 Å². The zero-order valence-corrected chi connectivity index (χ0v) is 20.2. The van der Waals surface area contributed by atoms with E-state index in [9.17, 15) is 15.3 Å². The van der Waals surface area contributed by atoms with Crippen molar-refractivity contribution in [3.05, 3.63) is 0 Å². The van der Waals surface area contributed by atoms with E-state index in [1.807, 2.05) is 0 Å². The molecule has 4 aliphatic carbocycles. The molecule has 3 nitrogen and oxygen atoms in total. The van der Waals surface area contributed by atoms with E-state index >= 15 is 0 Å². The van der Waals surface area contributed by atoms with E-state index < -0.39 is 5.79 Å². The number of hydrogen-bond donors (Lipinski definition) is 3. The second-order valence-corrected chi connectivity index (χ2v) is 13.0. The lowest BCUT2D eigenvalue weighted by atomic mass is 9.43. The van der Waals surface area contributed by atoms with Crippen molar-refractivity contribution in [2.24, 2.45) is 52.3 Å². The Labute approximate surface area is 185 Å². The topological polar surface area (TPSA) is 60.7 Å². The Balaban J connectivity index is 1.53. The third-order valence-corrected chi connectivity index (χ3v) is 10.9. The van der Waals surface area contributed by atoms with Crippen LogP contribution < -0.4 is 0 Å². The molecule has 0 spiro atoms. The lowest BCUT2D eigenvalue weighted by Crippen LogP contribution is -2.63. The van der Waals surface area contributed by atoms with Crippen LogP contribution in [0.1, 0.15) is 105 Å². The van der Waals surface area contributed by atoms with Gasteiger partial charge in [0.05, 0.1) is 6.10 Å². The molecule has 0 aromatic rings. The smallest absolute Gasteiger partial charge is 0.166 e. The molecular weight excluding hydrogens is 372 g/mol. The van der Waals surface area contributed by atoms with E-state index in [1.165, 1.54) is 44.9 Å². The van der Waals surface area contributed by atoms with Crippen molar-refractivity contribution in [1.29, 1.82) is 0 Å². The predicted octanol–water partition coefficient (Wildman–Crippen LogP) is 5.76. The Morgan fingerprint density at radius 3 is 2.23 bits per heavy atom. The van der Waals surface area contributed by atoms with E-state index in [0.29, 0.717) is 36.0 Å². The number of fused-ring (bicyclic) bond motifs is 5. The normalized spacial score (nSPS) is 48.7.